The molecule has 4 heteroatoms. The van der Waals surface area contributed by atoms with Gasteiger partial charge in [0, 0.05) is 23.6 Å². The molecule has 2 rings (SSSR count). The van der Waals surface area contributed by atoms with Crippen LogP contribution < -0.4 is 0 Å². The average molecular weight is 214 g/mol. The number of ether oxygens (including phenoxy) is 2. The Bertz CT molecular complexity index is 289. The Morgan fingerprint density at radius 2 is 2.36 bits per heavy atom. The molecule has 3 atom stereocenters. The Morgan fingerprint density at radius 1 is 1.64 bits per heavy atom. The zero-order valence-corrected chi connectivity index (χ0v) is 9.23. The SMILES string of the molecule is CC(=O)[C@H]1CC[C@@]1(C)[C@H]1COC(=S)O1. The maximum absolute atomic E-state index is 11.4. The molecule has 0 spiro atoms. The molecule has 0 bridgehead atoms. The van der Waals surface area contributed by atoms with Crippen molar-refractivity contribution in [3.8, 4) is 0 Å². The molecule has 0 aromatic heterocycles. The van der Waals surface area contributed by atoms with E-state index in [1.54, 1.807) is 6.92 Å². The molecule has 1 saturated carbocycles. The molecule has 0 unspecified atom stereocenters. The lowest BCUT2D eigenvalue weighted by atomic mass is 9.57. The number of carbonyl (C=O) groups excluding carboxylic acids is 1. The lowest BCUT2D eigenvalue weighted by Crippen LogP contribution is -2.50. The van der Waals surface area contributed by atoms with Crippen molar-refractivity contribution in [3.63, 3.8) is 0 Å². The van der Waals surface area contributed by atoms with Crippen LogP contribution in [0.4, 0.5) is 0 Å². The van der Waals surface area contributed by atoms with Crippen molar-refractivity contribution in [2.24, 2.45) is 11.3 Å². The second kappa shape index (κ2) is 3.19. The van der Waals surface area contributed by atoms with Gasteiger partial charge in [-0.3, -0.25) is 4.79 Å². The van der Waals surface area contributed by atoms with Gasteiger partial charge in [-0.2, -0.15) is 0 Å². The van der Waals surface area contributed by atoms with Gasteiger partial charge in [0.25, 0.3) is 0 Å². The maximum Gasteiger partial charge on any atom is 0.352 e. The molecular weight excluding hydrogens is 200 g/mol. The minimum absolute atomic E-state index is 0.0300. The van der Waals surface area contributed by atoms with E-state index in [4.69, 9.17) is 21.7 Å². The third kappa shape index (κ3) is 1.32. The highest BCUT2D eigenvalue weighted by atomic mass is 32.1. The molecule has 2 aliphatic rings. The molecule has 1 aliphatic heterocycles. The molecule has 0 aromatic carbocycles. The highest BCUT2D eigenvalue weighted by Gasteiger charge is 2.53. The van der Waals surface area contributed by atoms with E-state index in [1.165, 1.54) is 0 Å². The van der Waals surface area contributed by atoms with Crippen LogP contribution in [0.25, 0.3) is 0 Å². The van der Waals surface area contributed by atoms with Gasteiger partial charge in [-0.1, -0.05) is 6.92 Å². The first kappa shape index (κ1) is 9.90. The first-order chi connectivity index (χ1) is 6.54. The van der Waals surface area contributed by atoms with Crippen LogP contribution in [0.5, 0.6) is 0 Å². The Morgan fingerprint density at radius 3 is 2.71 bits per heavy atom. The number of rotatable bonds is 2. The highest BCUT2D eigenvalue weighted by molar-refractivity contribution is 7.79. The van der Waals surface area contributed by atoms with Crippen molar-refractivity contribution >= 4 is 23.2 Å². The molecule has 0 radical (unpaired) electrons. The van der Waals surface area contributed by atoms with Crippen LogP contribution in [0.3, 0.4) is 0 Å². The van der Waals surface area contributed by atoms with Crippen LogP contribution in [0, 0.1) is 11.3 Å². The Kier molecular flexibility index (Phi) is 2.26. The Balaban J connectivity index is 2.09. The predicted molar refractivity (Wildman–Crippen MR) is 54.9 cm³/mol. The van der Waals surface area contributed by atoms with Gasteiger partial charge in [0.2, 0.25) is 0 Å². The van der Waals surface area contributed by atoms with E-state index in [0.29, 0.717) is 6.61 Å². The molecule has 2 fully saturated rings. The summed E-state index contributed by atoms with van der Waals surface area (Å²) >= 11 is 4.81. The minimum atomic E-state index is -0.0631. The fraction of sp³-hybridized carbons (Fsp3) is 0.800. The quantitative estimate of drug-likeness (QED) is 0.655. The second-order valence-electron chi connectivity index (χ2n) is 4.38. The highest BCUT2D eigenvalue weighted by Crippen LogP contribution is 2.51. The summed E-state index contributed by atoms with van der Waals surface area (Å²) in [6.45, 7) is 4.24. The van der Waals surface area contributed by atoms with E-state index in [2.05, 4.69) is 6.92 Å². The lowest BCUT2D eigenvalue weighted by Gasteiger charge is -2.47. The molecule has 1 heterocycles. The molecule has 1 saturated heterocycles. The van der Waals surface area contributed by atoms with E-state index in [-0.39, 0.29) is 28.5 Å². The van der Waals surface area contributed by atoms with Gasteiger partial charge >= 0.3 is 5.24 Å². The molecule has 78 valence electrons. The summed E-state index contributed by atoms with van der Waals surface area (Å²) < 4.78 is 10.5. The van der Waals surface area contributed by atoms with Gasteiger partial charge in [0.15, 0.2) is 0 Å². The summed E-state index contributed by atoms with van der Waals surface area (Å²) in [7, 11) is 0. The largest absolute Gasteiger partial charge is 0.453 e. The first-order valence-electron chi connectivity index (χ1n) is 4.88. The number of thiocarbonyl (C=S) groups is 1. The van der Waals surface area contributed by atoms with E-state index < -0.39 is 0 Å². The summed E-state index contributed by atoms with van der Waals surface area (Å²) in [4.78, 5) is 11.4. The molecule has 0 N–H and O–H groups in total. The number of hydrogen-bond donors (Lipinski definition) is 0. The zero-order valence-electron chi connectivity index (χ0n) is 8.41. The summed E-state index contributed by atoms with van der Waals surface area (Å²) in [5, 5.41) is 0.227. The summed E-state index contributed by atoms with van der Waals surface area (Å²) in [5.41, 5.74) is -0.0631. The fourth-order valence-electron chi connectivity index (χ4n) is 2.45. The minimum Gasteiger partial charge on any atom is -0.453 e. The van der Waals surface area contributed by atoms with Crippen LogP contribution in [0.15, 0.2) is 0 Å². The van der Waals surface area contributed by atoms with Gasteiger partial charge in [0.1, 0.15) is 18.5 Å². The van der Waals surface area contributed by atoms with Gasteiger partial charge in [-0.15, -0.1) is 0 Å². The summed E-state index contributed by atoms with van der Waals surface area (Å²) in [6.07, 6.45) is 1.96. The van der Waals surface area contributed by atoms with E-state index >= 15 is 0 Å². The van der Waals surface area contributed by atoms with Crippen molar-refractivity contribution in [2.45, 2.75) is 32.8 Å². The topological polar surface area (TPSA) is 35.5 Å². The number of carbonyl (C=O) groups is 1. The van der Waals surface area contributed by atoms with E-state index in [1.807, 2.05) is 0 Å². The van der Waals surface area contributed by atoms with Crippen LogP contribution in [0.1, 0.15) is 26.7 Å². The average Bonchev–Trinajstić information content (AvgIpc) is 2.47. The van der Waals surface area contributed by atoms with Crippen molar-refractivity contribution < 1.29 is 14.3 Å². The van der Waals surface area contributed by atoms with Crippen LogP contribution in [-0.4, -0.2) is 23.7 Å². The molecular formula is C10H14O3S. The standard InChI is InChI=1S/C10H14O3S/c1-6(11)7-3-4-10(7,2)8-5-12-9(14)13-8/h7-8H,3-5H2,1-2H3/t7-,8-,10-/m1/s1. The normalized spacial score (nSPS) is 41.1. The lowest BCUT2D eigenvalue weighted by molar-refractivity contribution is -0.137. The van der Waals surface area contributed by atoms with Gasteiger partial charge in [-0.25, -0.2) is 0 Å². The van der Waals surface area contributed by atoms with E-state index in [9.17, 15) is 4.79 Å². The monoisotopic (exact) mass is 214 g/mol. The van der Waals surface area contributed by atoms with E-state index in [0.717, 1.165) is 12.8 Å². The van der Waals surface area contributed by atoms with Crippen LogP contribution in [0.2, 0.25) is 0 Å². The Labute approximate surface area is 88.8 Å². The third-order valence-electron chi connectivity index (χ3n) is 3.59. The summed E-state index contributed by atoms with van der Waals surface area (Å²) in [6, 6.07) is 0. The smallest absolute Gasteiger partial charge is 0.352 e. The molecule has 0 aromatic rings. The summed E-state index contributed by atoms with van der Waals surface area (Å²) in [5.74, 6) is 0.372. The first-order valence-corrected chi connectivity index (χ1v) is 5.29. The Hall–Kier alpha value is -0.640. The number of Topliss-reactive ketones (excluding diaryl/α,β-unsaturated/α-hetero) is 1. The van der Waals surface area contributed by atoms with Gasteiger partial charge in [-0.05, 0) is 19.8 Å². The predicted octanol–water partition coefficient (Wildman–Crippen LogP) is 1.69. The molecule has 0 amide bonds. The molecule has 1 aliphatic carbocycles. The third-order valence-corrected chi connectivity index (χ3v) is 3.80. The number of hydrogen-bond acceptors (Lipinski definition) is 4. The maximum atomic E-state index is 11.4. The fourth-order valence-corrected chi connectivity index (χ4v) is 2.63. The van der Waals surface area contributed by atoms with Crippen molar-refractivity contribution in [1.29, 1.82) is 0 Å². The van der Waals surface area contributed by atoms with Crippen LogP contribution in [-0.2, 0) is 14.3 Å². The zero-order chi connectivity index (χ0) is 10.3. The second-order valence-corrected chi connectivity index (χ2v) is 4.71. The number of ketones is 1. The molecule has 14 heavy (non-hydrogen) atoms. The van der Waals surface area contributed by atoms with Crippen molar-refractivity contribution in [3.05, 3.63) is 0 Å². The van der Waals surface area contributed by atoms with Gasteiger partial charge < -0.3 is 9.47 Å². The van der Waals surface area contributed by atoms with Crippen molar-refractivity contribution in [1.82, 2.24) is 0 Å². The molecule has 3 nitrogen and oxygen atoms in total. The van der Waals surface area contributed by atoms with Crippen molar-refractivity contribution in [2.75, 3.05) is 6.61 Å². The van der Waals surface area contributed by atoms with Gasteiger partial charge in [0.05, 0.1) is 0 Å². The van der Waals surface area contributed by atoms with Crippen LogP contribution >= 0.6 is 12.2 Å².